The quantitative estimate of drug-likeness (QED) is 0.773. The molecule has 10 heavy (non-hydrogen) atoms. The van der Waals surface area contributed by atoms with Crippen LogP contribution < -0.4 is 4.72 Å². The number of pyridine rings is 1. The summed E-state index contributed by atoms with van der Waals surface area (Å²) < 4.78 is 4.02. The molecule has 0 aliphatic heterocycles. The van der Waals surface area contributed by atoms with Crippen LogP contribution in [0, 0.1) is 0 Å². The Bertz CT molecular complexity index is 199. The van der Waals surface area contributed by atoms with Gasteiger partial charge in [-0.15, -0.1) is 0 Å². The molecule has 1 aromatic heterocycles. The third-order valence-electron chi connectivity index (χ3n) is 0.934. The highest BCUT2D eigenvalue weighted by molar-refractivity contribution is 9.10. The van der Waals surface area contributed by atoms with E-state index < -0.39 is 0 Å². The second-order valence-corrected chi connectivity index (χ2v) is 3.20. The molecule has 0 aromatic carbocycles. The van der Waals surface area contributed by atoms with E-state index in [0.717, 1.165) is 10.3 Å². The zero-order valence-electron chi connectivity index (χ0n) is 5.47. The maximum atomic E-state index is 4.09. The predicted molar refractivity (Wildman–Crippen MR) is 49.1 cm³/mol. The summed E-state index contributed by atoms with van der Waals surface area (Å²) in [5, 5.41) is 0. The van der Waals surface area contributed by atoms with Gasteiger partial charge in [0.2, 0.25) is 0 Å². The van der Waals surface area contributed by atoms with Crippen molar-refractivity contribution in [3.05, 3.63) is 22.8 Å². The van der Waals surface area contributed by atoms with Gasteiger partial charge in [0.1, 0.15) is 5.82 Å². The van der Waals surface area contributed by atoms with Gasteiger partial charge in [-0.05, 0) is 28.1 Å². The van der Waals surface area contributed by atoms with E-state index >= 15 is 0 Å². The first-order valence-electron chi connectivity index (χ1n) is 2.73. The van der Waals surface area contributed by atoms with Gasteiger partial charge < -0.3 is 4.72 Å². The summed E-state index contributed by atoms with van der Waals surface area (Å²) in [7, 11) is 0. The van der Waals surface area contributed by atoms with E-state index in [1.165, 1.54) is 11.9 Å². The fraction of sp³-hybridized carbons (Fsp3) is 0.167. The number of hydrogen-bond acceptors (Lipinski definition) is 3. The summed E-state index contributed by atoms with van der Waals surface area (Å²) >= 11 is 4.83. The van der Waals surface area contributed by atoms with E-state index in [2.05, 4.69) is 25.6 Å². The number of hydrogen-bond donors (Lipinski definition) is 1. The molecule has 0 spiro atoms. The first-order valence-corrected chi connectivity index (χ1v) is 4.75. The van der Waals surface area contributed by atoms with Gasteiger partial charge in [-0.3, -0.25) is 0 Å². The molecule has 0 saturated carbocycles. The topological polar surface area (TPSA) is 24.9 Å². The van der Waals surface area contributed by atoms with Crippen LogP contribution in [0.1, 0.15) is 0 Å². The SMILES string of the molecule is CSNc1ccc(Br)cn1. The summed E-state index contributed by atoms with van der Waals surface area (Å²) in [4.78, 5) is 4.09. The van der Waals surface area contributed by atoms with Crippen molar-refractivity contribution in [1.29, 1.82) is 0 Å². The molecule has 1 rings (SSSR count). The average Bonchev–Trinajstić information content (AvgIpc) is 1.95. The molecule has 0 saturated heterocycles. The number of nitrogens with one attached hydrogen (secondary N) is 1. The van der Waals surface area contributed by atoms with Crippen LogP contribution in [0.4, 0.5) is 5.82 Å². The molecule has 0 fully saturated rings. The maximum absolute atomic E-state index is 4.09. The Morgan fingerprint density at radius 2 is 2.40 bits per heavy atom. The molecule has 0 aliphatic carbocycles. The molecule has 4 heteroatoms. The fourth-order valence-corrected chi connectivity index (χ4v) is 1.11. The van der Waals surface area contributed by atoms with Crippen molar-refractivity contribution in [2.45, 2.75) is 0 Å². The second-order valence-electron chi connectivity index (χ2n) is 1.67. The molecule has 0 aliphatic rings. The standard InChI is InChI=1S/C6H7BrN2S/c1-10-9-6-3-2-5(7)4-8-6/h2-4H,1H3,(H,8,9). The van der Waals surface area contributed by atoms with Gasteiger partial charge in [-0.2, -0.15) is 0 Å². The molecule has 0 radical (unpaired) electrons. The number of nitrogens with zero attached hydrogens (tertiary/aromatic N) is 1. The molecule has 54 valence electrons. The Hall–Kier alpha value is -0.220. The van der Waals surface area contributed by atoms with Gasteiger partial charge in [0, 0.05) is 16.9 Å². The van der Waals surface area contributed by atoms with E-state index in [1.807, 2.05) is 18.4 Å². The Labute approximate surface area is 72.7 Å². The van der Waals surface area contributed by atoms with Crippen LogP contribution in [0.3, 0.4) is 0 Å². The van der Waals surface area contributed by atoms with Crippen LogP contribution >= 0.6 is 27.9 Å². The van der Waals surface area contributed by atoms with Gasteiger partial charge >= 0.3 is 0 Å². The van der Waals surface area contributed by atoms with Crippen LogP contribution in [0.15, 0.2) is 22.8 Å². The zero-order chi connectivity index (χ0) is 7.40. The summed E-state index contributed by atoms with van der Waals surface area (Å²) in [5.41, 5.74) is 0. The molecule has 0 atom stereocenters. The third kappa shape index (κ3) is 2.19. The minimum absolute atomic E-state index is 0.885. The molecular formula is C6H7BrN2S. The Morgan fingerprint density at radius 3 is 2.90 bits per heavy atom. The van der Waals surface area contributed by atoms with Crippen molar-refractivity contribution in [3.8, 4) is 0 Å². The predicted octanol–water partition coefficient (Wildman–Crippen LogP) is 2.53. The first kappa shape index (κ1) is 7.88. The summed E-state index contributed by atoms with van der Waals surface area (Å²) in [5.74, 6) is 0.885. The molecule has 1 heterocycles. The summed E-state index contributed by atoms with van der Waals surface area (Å²) in [6.45, 7) is 0. The lowest BCUT2D eigenvalue weighted by Crippen LogP contribution is -1.86. The van der Waals surface area contributed by atoms with E-state index in [9.17, 15) is 0 Å². The Morgan fingerprint density at radius 1 is 1.60 bits per heavy atom. The highest BCUT2D eigenvalue weighted by Gasteiger charge is 1.89. The highest BCUT2D eigenvalue weighted by atomic mass is 79.9. The molecule has 0 unspecified atom stereocenters. The highest BCUT2D eigenvalue weighted by Crippen LogP contribution is 2.11. The number of aromatic nitrogens is 1. The fourth-order valence-electron chi connectivity index (χ4n) is 0.541. The largest absolute Gasteiger partial charge is 0.315 e. The monoisotopic (exact) mass is 218 g/mol. The van der Waals surface area contributed by atoms with E-state index in [-0.39, 0.29) is 0 Å². The van der Waals surface area contributed by atoms with Gasteiger partial charge in [0.15, 0.2) is 0 Å². The van der Waals surface area contributed by atoms with E-state index in [1.54, 1.807) is 6.20 Å². The minimum atomic E-state index is 0.885. The normalized spacial score (nSPS) is 9.40. The summed E-state index contributed by atoms with van der Waals surface area (Å²) in [6, 6.07) is 3.87. The van der Waals surface area contributed by atoms with Crippen LogP contribution in [-0.4, -0.2) is 11.2 Å². The van der Waals surface area contributed by atoms with Crippen molar-refractivity contribution in [1.82, 2.24) is 4.98 Å². The lowest BCUT2D eigenvalue weighted by Gasteiger charge is -1.98. The van der Waals surface area contributed by atoms with Crippen molar-refractivity contribution in [3.63, 3.8) is 0 Å². The van der Waals surface area contributed by atoms with Crippen molar-refractivity contribution in [2.75, 3.05) is 11.0 Å². The third-order valence-corrected chi connectivity index (χ3v) is 1.82. The minimum Gasteiger partial charge on any atom is -0.315 e. The van der Waals surface area contributed by atoms with Gasteiger partial charge in [-0.1, -0.05) is 11.9 Å². The zero-order valence-corrected chi connectivity index (χ0v) is 7.87. The first-order chi connectivity index (χ1) is 4.83. The van der Waals surface area contributed by atoms with Crippen LogP contribution in [0.5, 0.6) is 0 Å². The number of halogens is 1. The van der Waals surface area contributed by atoms with Crippen molar-refractivity contribution in [2.24, 2.45) is 0 Å². The average molecular weight is 219 g/mol. The second kappa shape index (κ2) is 3.83. The van der Waals surface area contributed by atoms with E-state index in [0.29, 0.717) is 0 Å². The molecule has 2 nitrogen and oxygen atoms in total. The molecular weight excluding hydrogens is 212 g/mol. The van der Waals surface area contributed by atoms with Crippen LogP contribution in [0.2, 0.25) is 0 Å². The maximum Gasteiger partial charge on any atom is 0.135 e. The van der Waals surface area contributed by atoms with E-state index in [4.69, 9.17) is 0 Å². The Balaban J connectivity index is 2.69. The lowest BCUT2D eigenvalue weighted by molar-refractivity contribution is 1.32. The van der Waals surface area contributed by atoms with Crippen molar-refractivity contribution >= 4 is 33.7 Å². The molecule has 0 amide bonds. The van der Waals surface area contributed by atoms with Gasteiger partial charge in [0.05, 0.1) is 0 Å². The van der Waals surface area contributed by atoms with Crippen LogP contribution in [-0.2, 0) is 0 Å². The molecule has 1 N–H and O–H groups in total. The number of anilines is 1. The lowest BCUT2D eigenvalue weighted by atomic mass is 10.5. The smallest absolute Gasteiger partial charge is 0.135 e. The molecule has 1 aromatic rings. The summed E-state index contributed by atoms with van der Waals surface area (Å²) in [6.07, 6.45) is 3.72. The number of rotatable bonds is 2. The van der Waals surface area contributed by atoms with Gasteiger partial charge in [-0.25, -0.2) is 4.98 Å². The van der Waals surface area contributed by atoms with Crippen molar-refractivity contribution < 1.29 is 0 Å². The Kier molecular flexibility index (Phi) is 3.02. The molecule has 0 bridgehead atoms. The van der Waals surface area contributed by atoms with Crippen LogP contribution in [0.25, 0.3) is 0 Å². The van der Waals surface area contributed by atoms with Gasteiger partial charge in [0.25, 0.3) is 0 Å².